The summed E-state index contributed by atoms with van der Waals surface area (Å²) in [6.07, 6.45) is 2.86. The Hall–Kier alpha value is -2.44. The third-order valence-electron chi connectivity index (χ3n) is 5.54. The molecule has 140 valence electrons. The van der Waals surface area contributed by atoms with Gasteiger partial charge in [-0.2, -0.15) is 0 Å². The fourth-order valence-corrected chi connectivity index (χ4v) is 4.04. The second-order valence-corrected chi connectivity index (χ2v) is 7.82. The predicted molar refractivity (Wildman–Crippen MR) is 103 cm³/mol. The molecule has 6 nitrogen and oxygen atoms in total. The lowest BCUT2D eigenvalue weighted by Gasteiger charge is -2.38. The first kappa shape index (κ1) is 16.7. The third kappa shape index (κ3) is 3.42. The Labute approximate surface area is 157 Å². The molecule has 2 atom stereocenters. The van der Waals surface area contributed by atoms with Crippen molar-refractivity contribution in [1.29, 1.82) is 0 Å². The Morgan fingerprint density at radius 1 is 1.19 bits per heavy atom. The van der Waals surface area contributed by atoms with Crippen molar-refractivity contribution in [3.8, 4) is 0 Å². The van der Waals surface area contributed by atoms with E-state index in [0.717, 1.165) is 24.5 Å². The van der Waals surface area contributed by atoms with E-state index in [1.54, 1.807) is 6.07 Å². The number of hydrogen-bond acceptors (Lipinski definition) is 4. The van der Waals surface area contributed by atoms with Crippen LogP contribution in [0.1, 0.15) is 35.9 Å². The molecule has 5 rings (SSSR count). The second-order valence-electron chi connectivity index (χ2n) is 7.82. The van der Waals surface area contributed by atoms with Gasteiger partial charge in [-0.1, -0.05) is 30.3 Å². The van der Waals surface area contributed by atoms with Crippen molar-refractivity contribution in [1.82, 2.24) is 19.5 Å². The minimum atomic E-state index is -0.0605. The zero-order valence-corrected chi connectivity index (χ0v) is 15.5. The van der Waals surface area contributed by atoms with Crippen LogP contribution < -0.4 is 5.56 Å². The monoisotopic (exact) mass is 364 g/mol. The van der Waals surface area contributed by atoms with Gasteiger partial charge in [0.15, 0.2) is 5.65 Å². The first-order valence-corrected chi connectivity index (χ1v) is 9.67. The van der Waals surface area contributed by atoms with E-state index in [9.17, 15) is 4.79 Å². The van der Waals surface area contributed by atoms with E-state index in [0.29, 0.717) is 18.1 Å². The molecule has 0 amide bonds. The Morgan fingerprint density at radius 2 is 2.00 bits per heavy atom. The van der Waals surface area contributed by atoms with E-state index in [-0.39, 0.29) is 17.8 Å². The van der Waals surface area contributed by atoms with Crippen LogP contribution in [0.4, 0.5) is 0 Å². The van der Waals surface area contributed by atoms with E-state index in [1.807, 2.05) is 19.1 Å². The number of ether oxygens (including phenoxy) is 1. The molecule has 0 bridgehead atoms. The number of hydrogen-bond donors (Lipinski definition) is 1. The molecular formula is C21H24N4O2. The number of morpholine rings is 1. The molecule has 3 aromatic rings. The summed E-state index contributed by atoms with van der Waals surface area (Å²) in [6, 6.07) is 14.0. The van der Waals surface area contributed by atoms with Crippen molar-refractivity contribution in [2.45, 2.75) is 38.5 Å². The first-order chi connectivity index (χ1) is 13.2. The highest BCUT2D eigenvalue weighted by atomic mass is 16.5. The number of H-pyrrole nitrogens is 1. The number of fused-ring (bicyclic) bond motifs is 1. The normalized spacial score (nSPS) is 23.7. The minimum Gasteiger partial charge on any atom is -0.367 e. The van der Waals surface area contributed by atoms with E-state index < -0.39 is 0 Å². The Morgan fingerprint density at radius 3 is 2.78 bits per heavy atom. The van der Waals surface area contributed by atoms with Crippen LogP contribution in [0.3, 0.4) is 0 Å². The average molecular weight is 364 g/mol. The number of benzene rings is 1. The van der Waals surface area contributed by atoms with Gasteiger partial charge in [0.2, 0.25) is 0 Å². The van der Waals surface area contributed by atoms with Gasteiger partial charge in [-0.25, -0.2) is 9.50 Å². The van der Waals surface area contributed by atoms with Crippen LogP contribution in [0.2, 0.25) is 0 Å². The zero-order chi connectivity index (χ0) is 18.4. The van der Waals surface area contributed by atoms with E-state index >= 15 is 0 Å². The molecule has 2 aliphatic rings. The SMILES string of the molecule is Cc1cc2nc(CN3C[C@@H](c4ccccc4)O[C@@H](C4CC4)C3)cc(=O)n2[nH]1. The molecule has 1 aliphatic carbocycles. The highest BCUT2D eigenvalue weighted by molar-refractivity contribution is 5.39. The summed E-state index contributed by atoms with van der Waals surface area (Å²) in [4.78, 5) is 19.4. The van der Waals surface area contributed by atoms with Gasteiger partial charge in [0.05, 0.1) is 17.9 Å². The lowest BCUT2D eigenvalue weighted by Crippen LogP contribution is -2.44. The van der Waals surface area contributed by atoms with Crippen LogP contribution in [0.5, 0.6) is 0 Å². The number of rotatable bonds is 4. The van der Waals surface area contributed by atoms with Gasteiger partial charge in [-0.15, -0.1) is 0 Å². The van der Waals surface area contributed by atoms with Crippen LogP contribution in [0.15, 0.2) is 47.3 Å². The van der Waals surface area contributed by atoms with Gasteiger partial charge >= 0.3 is 0 Å². The molecule has 1 aliphatic heterocycles. The van der Waals surface area contributed by atoms with E-state index in [2.05, 4.69) is 39.2 Å². The third-order valence-corrected chi connectivity index (χ3v) is 5.54. The molecule has 27 heavy (non-hydrogen) atoms. The number of nitrogens with zero attached hydrogens (tertiary/aromatic N) is 3. The van der Waals surface area contributed by atoms with Crippen molar-refractivity contribution in [3.05, 3.63) is 69.8 Å². The van der Waals surface area contributed by atoms with Crippen LogP contribution in [0, 0.1) is 12.8 Å². The molecule has 0 spiro atoms. The highest BCUT2D eigenvalue weighted by Gasteiger charge is 2.38. The van der Waals surface area contributed by atoms with Crippen molar-refractivity contribution in [2.24, 2.45) is 5.92 Å². The van der Waals surface area contributed by atoms with Gasteiger partial charge in [-0.3, -0.25) is 14.8 Å². The standard InChI is InChI=1S/C21H24N4O2/c1-14-9-20-22-17(10-21(26)25(20)23-14)11-24-12-18(15-5-3-2-4-6-15)27-19(13-24)16-7-8-16/h2-6,9-10,16,18-19,23H,7-8,11-13H2,1H3/t18-,19+/m0/s1. The number of aromatic nitrogens is 3. The lowest BCUT2D eigenvalue weighted by atomic mass is 10.0. The minimum absolute atomic E-state index is 0.0605. The quantitative estimate of drug-likeness (QED) is 0.773. The predicted octanol–water partition coefficient (Wildman–Crippen LogP) is 2.68. The Kier molecular flexibility index (Phi) is 4.10. The maximum atomic E-state index is 12.4. The fourth-order valence-electron chi connectivity index (χ4n) is 4.04. The molecular weight excluding hydrogens is 340 g/mol. The fraction of sp³-hybridized carbons (Fsp3) is 0.429. The van der Waals surface area contributed by atoms with Crippen molar-refractivity contribution in [2.75, 3.05) is 13.1 Å². The van der Waals surface area contributed by atoms with Crippen LogP contribution in [0.25, 0.3) is 5.65 Å². The van der Waals surface area contributed by atoms with Crippen molar-refractivity contribution in [3.63, 3.8) is 0 Å². The van der Waals surface area contributed by atoms with E-state index in [1.165, 1.54) is 22.9 Å². The van der Waals surface area contributed by atoms with Gasteiger partial charge in [0.25, 0.3) is 5.56 Å². The van der Waals surface area contributed by atoms with Crippen molar-refractivity contribution < 1.29 is 4.74 Å². The van der Waals surface area contributed by atoms with Gasteiger partial charge in [0.1, 0.15) is 0 Å². The summed E-state index contributed by atoms with van der Waals surface area (Å²) in [6.45, 7) is 4.33. The van der Waals surface area contributed by atoms with Crippen LogP contribution in [-0.4, -0.2) is 38.7 Å². The molecule has 2 aromatic heterocycles. The molecule has 1 saturated carbocycles. The molecule has 6 heteroatoms. The maximum absolute atomic E-state index is 12.4. The summed E-state index contributed by atoms with van der Waals surface area (Å²) in [7, 11) is 0. The Balaban J connectivity index is 1.40. The second kappa shape index (κ2) is 6.62. The number of nitrogens with one attached hydrogen (secondary N) is 1. The van der Waals surface area contributed by atoms with Gasteiger partial charge in [0, 0.05) is 37.5 Å². The number of aryl methyl sites for hydroxylation is 1. The molecule has 0 radical (unpaired) electrons. The van der Waals surface area contributed by atoms with Crippen LogP contribution >= 0.6 is 0 Å². The topological polar surface area (TPSA) is 62.6 Å². The van der Waals surface area contributed by atoms with Crippen LogP contribution in [-0.2, 0) is 11.3 Å². The molecule has 2 fully saturated rings. The maximum Gasteiger partial charge on any atom is 0.272 e. The van der Waals surface area contributed by atoms with Gasteiger partial charge in [-0.05, 0) is 31.2 Å². The zero-order valence-electron chi connectivity index (χ0n) is 15.5. The molecule has 1 saturated heterocycles. The summed E-state index contributed by atoms with van der Waals surface area (Å²) >= 11 is 0. The lowest BCUT2D eigenvalue weighted by molar-refractivity contribution is -0.0988. The average Bonchev–Trinajstić information content (AvgIpc) is 3.44. The highest BCUT2D eigenvalue weighted by Crippen LogP contribution is 2.39. The molecule has 1 N–H and O–H groups in total. The summed E-state index contributed by atoms with van der Waals surface area (Å²) in [5.74, 6) is 0.674. The Bertz CT molecular complexity index is 1010. The van der Waals surface area contributed by atoms with Gasteiger partial charge < -0.3 is 4.74 Å². The molecule has 0 unspecified atom stereocenters. The summed E-state index contributed by atoms with van der Waals surface area (Å²) < 4.78 is 7.93. The van der Waals surface area contributed by atoms with E-state index in [4.69, 9.17) is 4.74 Å². The first-order valence-electron chi connectivity index (χ1n) is 9.67. The molecule has 3 heterocycles. The summed E-state index contributed by atoms with van der Waals surface area (Å²) in [5.41, 5.74) is 3.59. The number of aromatic amines is 1. The van der Waals surface area contributed by atoms with Crippen molar-refractivity contribution >= 4 is 5.65 Å². The largest absolute Gasteiger partial charge is 0.367 e. The summed E-state index contributed by atoms with van der Waals surface area (Å²) in [5, 5.41) is 3.02. The smallest absolute Gasteiger partial charge is 0.272 e. The molecule has 1 aromatic carbocycles.